The van der Waals surface area contributed by atoms with Crippen LogP contribution in [-0.4, -0.2) is 49.8 Å². The van der Waals surface area contributed by atoms with E-state index in [1.807, 2.05) is 13.8 Å². The van der Waals surface area contributed by atoms with Gasteiger partial charge in [-0.1, -0.05) is 13.8 Å². The molecule has 1 aliphatic rings. The van der Waals surface area contributed by atoms with Gasteiger partial charge in [0.1, 0.15) is 0 Å². The molecule has 0 aliphatic carbocycles. The summed E-state index contributed by atoms with van der Waals surface area (Å²) in [5, 5.41) is 0. The maximum atomic E-state index is 12.0. The van der Waals surface area contributed by atoms with E-state index in [-0.39, 0.29) is 12.0 Å². The van der Waals surface area contributed by atoms with Crippen molar-refractivity contribution in [1.29, 1.82) is 0 Å². The zero-order chi connectivity index (χ0) is 11.6. The van der Waals surface area contributed by atoms with Crippen LogP contribution in [0.3, 0.4) is 0 Å². The van der Waals surface area contributed by atoms with Crippen molar-refractivity contribution in [3.05, 3.63) is 0 Å². The fourth-order valence-corrected chi connectivity index (χ4v) is 3.18. The molecule has 0 saturated carbocycles. The van der Waals surface area contributed by atoms with Crippen LogP contribution in [0, 0.1) is 5.92 Å². The monoisotopic (exact) mass is 235 g/mol. The largest absolute Gasteiger partial charge is 0.327 e. The van der Waals surface area contributed by atoms with Crippen LogP contribution in [0.1, 0.15) is 20.3 Å². The summed E-state index contributed by atoms with van der Waals surface area (Å²) in [5.41, 5.74) is 5.86. The number of nitrogens with two attached hydrogens (primary N) is 1. The van der Waals surface area contributed by atoms with Crippen LogP contribution in [0.5, 0.6) is 0 Å². The van der Waals surface area contributed by atoms with Gasteiger partial charge in [-0.15, -0.1) is 0 Å². The van der Waals surface area contributed by atoms with E-state index in [0.717, 1.165) is 6.42 Å². The lowest BCUT2D eigenvalue weighted by atomic mass is 9.96. The van der Waals surface area contributed by atoms with Crippen LogP contribution < -0.4 is 5.73 Å². The lowest BCUT2D eigenvalue weighted by Gasteiger charge is -2.35. The molecular weight excluding hydrogens is 214 g/mol. The number of rotatable bonds is 3. The first-order valence-electron chi connectivity index (χ1n) is 5.36. The Kier molecular flexibility index (Phi) is 4.11. The average molecular weight is 235 g/mol. The van der Waals surface area contributed by atoms with Crippen LogP contribution in [0.2, 0.25) is 0 Å². The first-order chi connectivity index (χ1) is 6.89. The fraction of sp³-hybridized carbons (Fsp3) is 1.00. The predicted octanol–water partition coefficient (Wildman–Crippen LogP) is -0.148. The minimum absolute atomic E-state index is 0.128. The van der Waals surface area contributed by atoms with Gasteiger partial charge in [-0.05, 0) is 12.3 Å². The molecule has 0 aromatic heterocycles. The zero-order valence-electron chi connectivity index (χ0n) is 9.68. The third kappa shape index (κ3) is 2.69. The molecule has 1 fully saturated rings. The molecule has 2 N–H and O–H groups in total. The summed E-state index contributed by atoms with van der Waals surface area (Å²) in [4.78, 5) is 0. The van der Waals surface area contributed by atoms with Gasteiger partial charge in [0, 0.05) is 32.7 Å². The maximum Gasteiger partial charge on any atom is 0.281 e. The fourth-order valence-electron chi connectivity index (χ4n) is 1.70. The Hall–Kier alpha value is -0.170. The first-order valence-corrected chi connectivity index (χ1v) is 6.76. The number of nitrogens with zero attached hydrogens (tertiary/aromatic N) is 2. The summed E-state index contributed by atoms with van der Waals surface area (Å²) < 4.78 is 26.9. The lowest BCUT2D eigenvalue weighted by Crippen LogP contribution is -2.51. The molecular formula is C9H21N3O2S. The van der Waals surface area contributed by atoms with Gasteiger partial charge in [0.05, 0.1) is 0 Å². The summed E-state index contributed by atoms with van der Waals surface area (Å²) in [5.74, 6) is 0.235. The van der Waals surface area contributed by atoms with E-state index in [1.54, 1.807) is 7.05 Å². The highest BCUT2D eigenvalue weighted by Gasteiger charge is 2.32. The van der Waals surface area contributed by atoms with Crippen molar-refractivity contribution >= 4 is 10.2 Å². The van der Waals surface area contributed by atoms with E-state index in [1.165, 1.54) is 8.61 Å². The smallest absolute Gasteiger partial charge is 0.281 e. The van der Waals surface area contributed by atoms with Crippen LogP contribution in [0.25, 0.3) is 0 Å². The van der Waals surface area contributed by atoms with Crippen LogP contribution in [0.15, 0.2) is 0 Å². The molecule has 1 aliphatic heterocycles. The van der Waals surface area contributed by atoms with Gasteiger partial charge in [-0.2, -0.15) is 17.0 Å². The Balaban J connectivity index is 2.73. The van der Waals surface area contributed by atoms with Crippen molar-refractivity contribution in [3.63, 3.8) is 0 Å². The Labute approximate surface area is 92.4 Å². The Bertz CT molecular complexity index is 304. The van der Waals surface area contributed by atoms with Gasteiger partial charge in [-0.25, -0.2) is 0 Å². The molecule has 0 aromatic carbocycles. The van der Waals surface area contributed by atoms with Crippen molar-refractivity contribution in [2.75, 3.05) is 26.7 Å². The van der Waals surface area contributed by atoms with Gasteiger partial charge in [0.2, 0.25) is 0 Å². The Morgan fingerprint density at radius 1 is 1.53 bits per heavy atom. The highest BCUT2D eigenvalue weighted by molar-refractivity contribution is 7.86. The van der Waals surface area contributed by atoms with Gasteiger partial charge in [-0.3, -0.25) is 0 Å². The topological polar surface area (TPSA) is 66.6 Å². The molecule has 0 bridgehead atoms. The average Bonchev–Trinajstić information content (AvgIpc) is 2.20. The maximum absolute atomic E-state index is 12.0. The van der Waals surface area contributed by atoms with Crippen molar-refractivity contribution < 1.29 is 8.42 Å². The molecule has 0 spiro atoms. The molecule has 1 heterocycles. The highest BCUT2D eigenvalue weighted by atomic mass is 32.2. The van der Waals surface area contributed by atoms with Crippen LogP contribution in [-0.2, 0) is 10.2 Å². The molecule has 0 amide bonds. The molecule has 2 atom stereocenters. The number of hydrogen-bond donors (Lipinski definition) is 1. The predicted molar refractivity (Wildman–Crippen MR) is 60.6 cm³/mol. The van der Waals surface area contributed by atoms with E-state index in [0.29, 0.717) is 19.6 Å². The van der Waals surface area contributed by atoms with E-state index < -0.39 is 10.2 Å². The third-order valence-electron chi connectivity index (χ3n) is 3.10. The summed E-state index contributed by atoms with van der Waals surface area (Å²) in [6.07, 6.45) is 0.748. The zero-order valence-corrected chi connectivity index (χ0v) is 10.5. The molecule has 1 saturated heterocycles. The molecule has 6 heteroatoms. The second kappa shape index (κ2) is 4.78. The van der Waals surface area contributed by atoms with Crippen LogP contribution >= 0.6 is 0 Å². The second-order valence-corrected chi connectivity index (χ2v) is 6.25. The van der Waals surface area contributed by atoms with Gasteiger partial charge >= 0.3 is 0 Å². The lowest BCUT2D eigenvalue weighted by molar-refractivity contribution is 0.238. The molecule has 90 valence electrons. The van der Waals surface area contributed by atoms with Crippen molar-refractivity contribution in [2.24, 2.45) is 11.7 Å². The van der Waals surface area contributed by atoms with E-state index >= 15 is 0 Å². The van der Waals surface area contributed by atoms with E-state index in [9.17, 15) is 8.42 Å². The number of piperidine rings is 1. The van der Waals surface area contributed by atoms with Crippen molar-refractivity contribution in [3.8, 4) is 0 Å². The summed E-state index contributed by atoms with van der Waals surface area (Å²) in [7, 11) is -1.65. The third-order valence-corrected chi connectivity index (χ3v) is 5.13. The molecule has 5 nitrogen and oxygen atoms in total. The van der Waals surface area contributed by atoms with Gasteiger partial charge in [0.25, 0.3) is 10.2 Å². The minimum atomic E-state index is -3.26. The molecule has 15 heavy (non-hydrogen) atoms. The SMILES string of the molecule is CCN(C)S(=O)(=O)N1CCC(N)C(C)C1. The molecule has 2 unspecified atom stereocenters. The van der Waals surface area contributed by atoms with Crippen molar-refractivity contribution in [1.82, 2.24) is 8.61 Å². The van der Waals surface area contributed by atoms with E-state index in [4.69, 9.17) is 5.73 Å². The second-order valence-electron chi connectivity index (χ2n) is 4.21. The summed E-state index contributed by atoms with van der Waals surface area (Å²) in [6, 6.07) is 0.128. The summed E-state index contributed by atoms with van der Waals surface area (Å²) >= 11 is 0. The highest BCUT2D eigenvalue weighted by Crippen LogP contribution is 2.19. The summed E-state index contributed by atoms with van der Waals surface area (Å²) in [6.45, 7) is 5.40. The van der Waals surface area contributed by atoms with Gasteiger partial charge in [0.15, 0.2) is 0 Å². The standard InChI is InChI=1S/C9H21N3O2S/c1-4-11(3)15(13,14)12-6-5-9(10)8(2)7-12/h8-9H,4-7,10H2,1-3H3. The van der Waals surface area contributed by atoms with E-state index in [2.05, 4.69) is 0 Å². The quantitative estimate of drug-likeness (QED) is 0.740. The normalized spacial score (nSPS) is 29.7. The molecule has 1 rings (SSSR count). The molecule has 0 aromatic rings. The first kappa shape index (κ1) is 12.9. The number of hydrogen-bond acceptors (Lipinski definition) is 3. The molecule has 0 radical (unpaired) electrons. The minimum Gasteiger partial charge on any atom is -0.327 e. The Morgan fingerprint density at radius 3 is 2.60 bits per heavy atom. The van der Waals surface area contributed by atoms with Gasteiger partial charge < -0.3 is 5.73 Å². The Morgan fingerprint density at radius 2 is 2.13 bits per heavy atom. The van der Waals surface area contributed by atoms with Crippen LogP contribution in [0.4, 0.5) is 0 Å². The van der Waals surface area contributed by atoms with Crippen molar-refractivity contribution in [2.45, 2.75) is 26.3 Å².